The summed E-state index contributed by atoms with van der Waals surface area (Å²) < 4.78 is 1.20. The van der Waals surface area contributed by atoms with Gasteiger partial charge in [-0.15, -0.1) is 0 Å². The molecular formula is C27H29BrN2. The number of rotatable bonds is 4. The normalized spacial score (nSPS) is 18.5. The molecule has 3 aromatic rings. The van der Waals surface area contributed by atoms with Crippen molar-refractivity contribution in [3.05, 3.63) is 106 Å². The van der Waals surface area contributed by atoms with E-state index in [4.69, 9.17) is 0 Å². The molecule has 2 nitrogen and oxygen atoms in total. The number of halogens is 1. The lowest BCUT2D eigenvalue weighted by Crippen LogP contribution is -2.47. The van der Waals surface area contributed by atoms with Gasteiger partial charge < -0.3 is 0 Å². The maximum Gasteiger partial charge on any atom is 0.0601 e. The van der Waals surface area contributed by atoms with Crippen LogP contribution in [0.25, 0.3) is 0 Å². The Balaban J connectivity index is 1.29. The lowest BCUT2D eigenvalue weighted by Gasteiger charge is -2.43. The quantitative estimate of drug-likeness (QED) is 0.466. The molecule has 0 atom stereocenters. The summed E-state index contributed by atoms with van der Waals surface area (Å²) in [5.41, 5.74) is 5.84. The highest BCUT2D eigenvalue weighted by Gasteiger charge is 2.31. The van der Waals surface area contributed by atoms with Crippen LogP contribution in [-0.4, -0.2) is 35.5 Å². The molecule has 0 unspecified atom stereocenters. The second-order valence-electron chi connectivity index (χ2n) is 8.62. The van der Waals surface area contributed by atoms with Crippen LogP contribution in [0.5, 0.6) is 0 Å². The summed E-state index contributed by atoms with van der Waals surface area (Å²) in [6.07, 6.45) is 3.68. The Morgan fingerprint density at radius 1 is 0.733 bits per heavy atom. The Bertz CT molecular complexity index is 925. The van der Waals surface area contributed by atoms with Crippen LogP contribution in [-0.2, 0) is 13.0 Å². The Hall–Kier alpha value is -1.94. The Morgan fingerprint density at radius 3 is 2.00 bits per heavy atom. The summed E-state index contributed by atoms with van der Waals surface area (Å²) in [6.45, 7) is 4.61. The lowest BCUT2D eigenvalue weighted by atomic mass is 9.92. The zero-order valence-electron chi connectivity index (χ0n) is 17.4. The Morgan fingerprint density at radius 2 is 1.37 bits per heavy atom. The largest absolute Gasteiger partial charge is 0.296 e. The van der Waals surface area contributed by atoms with E-state index >= 15 is 0 Å². The van der Waals surface area contributed by atoms with Crippen molar-refractivity contribution in [2.75, 3.05) is 19.6 Å². The van der Waals surface area contributed by atoms with Gasteiger partial charge in [0, 0.05) is 36.7 Å². The van der Waals surface area contributed by atoms with Crippen LogP contribution in [0.1, 0.15) is 41.1 Å². The van der Waals surface area contributed by atoms with Crippen LogP contribution in [0.15, 0.2) is 83.3 Å². The van der Waals surface area contributed by atoms with Crippen molar-refractivity contribution in [2.45, 2.75) is 37.9 Å². The minimum absolute atomic E-state index is 0.354. The van der Waals surface area contributed by atoms with Crippen LogP contribution < -0.4 is 0 Å². The third kappa shape index (κ3) is 4.25. The van der Waals surface area contributed by atoms with E-state index in [1.54, 1.807) is 0 Å². The summed E-state index contributed by atoms with van der Waals surface area (Å²) in [4.78, 5) is 5.42. The maximum absolute atomic E-state index is 3.62. The third-order valence-electron chi connectivity index (χ3n) is 6.82. The molecule has 0 saturated carbocycles. The van der Waals surface area contributed by atoms with E-state index in [0.717, 1.165) is 19.6 Å². The third-order valence-corrected chi connectivity index (χ3v) is 7.31. The topological polar surface area (TPSA) is 6.48 Å². The van der Waals surface area contributed by atoms with Crippen molar-refractivity contribution < 1.29 is 0 Å². The molecule has 3 aromatic carbocycles. The van der Waals surface area contributed by atoms with Crippen LogP contribution in [0.2, 0.25) is 0 Å². The average Bonchev–Trinajstić information content (AvgIpc) is 2.81. The molecule has 0 spiro atoms. The summed E-state index contributed by atoms with van der Waals surface area (Å²) in [7, 11) is 0. The van der Waals surface area contributed by atoms with Gasteiger partial charge in [0.1, 0.15) is 0 Å². The standard InChI is InChI=1S/C27H29BrN2/c28-25-12-11-24-20-30(16-13-23(24)19-25)26-14-17-29(18-15-26)27(21-7-3-1-4-8-21)22-9-5-2-6-10-22/h1-12,19,26-27H,13-18,20H2. The van der Waals surface area contributed by atoms with E-state index in [2.05, 4.69) is 105 Å². The first-order chi connectivity index (χ1) is 14.8. The fourth-order valence-corrected chi connectivity index (χ4v) is 5.66. The lowest BCUT2D eigenvalue weighted by molar-refractivity contribution is 0.0842. The van der Waals surface area contributed by atoms with E-state index in [0.29, 0.717) is 12.1 Å². The monoisotopic (exact) mass is 460 g/mol. The van der Waals surface area contributed by atoms with Gasteiger partial charge in [-0.2, -0.15) is 0 Å². The second kappa shape index (κ2) is 9.05. The first kappa shape index (κ1) is 20.0. The van der Waals surface area contributed by atoms with Crippen molar-refractivity contribution in [1.29, 1.82) is 0 Å². The predicted octanol–water partition coefficient (Wildman–Crippen LogP) is 6.06. The minimum Gasteiger partial charge on any atom is -0.296 e. The fraction of sp³-hybridized carbons (Fsp3) is 0.333. The Labute approximate surface area is 188 Å². The van der Waals surface area contributed by atoms with Crippen LogP contribution >= 0.6 is 15.9 Å². The molecule has 2 aliphatic rings. The summed E-state index contributed by atoms with van der Waals surface area (Å²) in [5, 5.41) is 0. The van der Waals surface area contributed by atoms with E-state index in [-0.39, 0.29) is 0 Å². The molecule has 0 radical (unpaired) electrons. The summed E-state index contributed by atoms with van der Waals surface area (Å²) in [6, 6.07) is 29.9. The number of hydrogen-bond acceptors (Lipinski definition) is 2. The molecule has 2 aliphatic heterocycles. The van der Waals surface area contributed by atoms with Gasteiger partial charge in [-0.3, -0.25) is 9.80 Å². The highest BCUT2D eigenvalue weighted by atomic mass is 79.9. The number of piperidine rings is 1. The molecule has 0 N–H and O–H groups in total. The summed E-state index contributed by atoms with van der Waals surface area (Å²) >= 11 is 3.62. The van der Waals surface area contributed by atoms with Gasteiger partial charge in [-0.1, -0.05) is 82.7 Å². The molecular weight excluding hydrogens is 432 g/mol. The molecule has 30 heavy (non-hydrogen) atoms. The van der Waals surface area contributed by atoms with Gasteiger partial charge >= 0.3 is 0 Å². The first-order valence-corrected chi connectivity index (χ1v) is 11.9. The molecule has 154 valence electrons. The van der Waals surface area contributed by atoms with Gasteiger partial charge in [0.15, 0.2) is 0 Å². The van der Waals surface area contributed by atoms with E-state index < -0.39 is 0 Å². The summed E-state index contributed by atoms with van der Waals surface area (Å²) in [5.74, 6) is 0. The second-order valence-corrected chi connectivity index (χ2v) is 9.54. The average molecular weight is 461 g/mol. The zero-order valence-corrected chi connectivity index (χ0v) is 19.0. The highest BCUT2D eigenvalue weighted by molar-refractivity contribution is 9.10. The van der Waals surface area contributed by atoms with E-state index in [1.165, 1.54) is 52.5 Å². The minimum atomic E-state index is 0.354. The number of benzene rings is 3. The van der Waals surface area contributed by atoms with Crippen LogP contribution in [0.3, 0.4) is 0 Å². The fourth-order valence-electron chi connectivity index (χ4n) is 5.25. The molecule has 3 heteroatoms. The number of fused-ring (bicyclic) bond motifs is 1. The van der Waals surface area contributed by atoms with Gasteiger partial charge in [0.2, 0.25) is 0 Å². The van der Waals surface area contributed by atoms with Crippen LogP contribution in [0.4, 0.5) is 0 Å². The highest BCUT2D eigenvalue weighted by Crippen LogP contribution is 2.33. The molecule has 0 bridgehead atoms. The first-order valence-electron chi connectivity index (χ1n) is 11.1. The number of likely N-dealkylation sites (tertiary alicyclic amines) is 1. The smallest absolute Gasteiger partial charge is 0.0601 e. The number of nitrogens with zero attached hydrogens (tertiary/aromatic N) is 2. The molecule has 0 aromatic heterocycles. The SMILES string of the molecule is Brc1ccc2c(c1)CCN(C1CCN(C(c3ccccc3)c3ccccc3)CC1)C2. The Kier molecular flexibility index (Phi) is 6.03. The van der Waals surface area contributed by atoms with Crippen molar-refractivity contribution in [3.8, 4) is 0 Å². The van der Waals surface area contributed by atoms with E-state index in [1.807, 2.05) is 0 Å². The van der Waals surface area contributed by atoms with E-state index in [9.17, 15) is 0 Å². The van der Waals surface area contributed by atoms with Gasteiger partial charge in [0.05, 0.1) is 6.04 Å². The van der Waals surface area contributed by atoms with Crippen molar-refractivity contribution in [1.82, 2.24) is 9.80 Å². The maximum atomic E-state index is 3.62. The van der Waals surface area contributed by atoms with Crippen molar-refractivity contribution >= 4 is 15.9 Å². The van der Waals surface area contributed by atoms with Crippen molar-refractivity contribution in [3.63, 3.8) is 0 Å². The predicted molar refractivity (Wildman–Crippen MR) is 128 cm³/mol. The van der Waals surface area contributed by atoms with Gasteiger partial charge in [-0.25, -0.2) is 0 Å². The van der Waals surface area contributed by atoms with Crippen molar-refractivity contribution in [2.24, 2.45) is 0 Å². The molecule has 2 heterocycles. The van der Waals surface area contributed by atoms with Gasteiger partial charge in [0.25, 0.3) is 0 Å². The molecule has 0 aliphatic carbocycles. The van der Waals surface area contributed by atoms with Gasteiger partial charge in [-0.05, 0) is 53.6 Å². The molecule has 1 saturated heterocycles. The number of hydrogen-bond donors (Lipinski definition) is 0. The van der Waals surface area contributed by atoms with Crippen LogP contribution in [0, 0.1) is 0 Å². The molecule has 0 amide bonds. The zero-order chi connectivity index (χ0) is 20.3. The molecule has 5 rings (SSSR count). The molecule has 1 fully saturated rings.